The molecule has 0 aliphatic rings. The topological polar surface area (TPSA) is 51.2 Å². The number of ether oxygens (including phenoxy) is 1. The smallest absolute Gasteiger partial charge is 0.264 e. The van der Waals surface area contributed by atoms with Crippen molar-refractivity contribution in [1.82, 2.24) is 4.98 Å². The SMILES string of the molecule is Cc1ccc(-c2csc(NC(=O)COc3cc(C)c(Cl)c(C)c3Br)n2)cc1. The molecule has 0 radical (unpaired) electrons. The Morgan fingerprint density at radius 2 is 1.96 bits per heavy atom. The van der Waals surface area contributed by atoms with Crippen LogP contribution < -0.4 is 10.1 Å². The summed E-state index contributed by atoms with van der Waals surface area (Å²) in [5.74, 6) is 0.320. The number of nitrogens with one attached hydrogen (secondary N) is 1. The van der Waals surface area contributed by atoms with Crippen LogP contribution in [0.25, 0.3) is 11.3 Å². The Kier molecular flexibility index (Phi) is 6.19. The van der Waals surface area contributed by atoms with E-state index in [2.05, 4.69) is 26.2 Å². The van der Waals surface area contributed by atoms with Crippen LogP contribution in [0.3, 0.4) is 0 Å². The molecule has 1 amide bonds. The summed E-state index contributed by atoms with van der Waals surface area (Å²) < 4.78 is 6.40. The third-order valence-corrected chi connectivity index (χ3v) is 6.35. The number of aryl methyl sites for hydroxylation is 2. The minimum absolute atomic E-state index is 0.113. The highest BCUT2D eigenvalue weighted by atomic mass is 79.9. The fourth-order valence-electron chi connectivity index (χ4n) is 2.49. The highest BCUT2D eigenvalue weighted by Crippen LogP contribution is 2.35. The first-order valence-electron chi connectivity index (χ1n) is 8.25. The van der Waals surface area contributed by atoms with Gasteiger partial charge in [0.25, 0.3) is 5.91 Å². The fourth-order valence-corrected chi connectivity index (χ4v) is 3.92. The molecule has 0 bridgehead atoms. The van der Waals surface area contributed by atoms with Crippen LogP contribution in [0, 0.1) is 20.8 Å². The van der Waals surface area contributed by atoms with Crippen molar-refractivity contribution >= 4 is 49.9 Å². The molecule has 1 heterocycles. The standard InChI is InChI=1S/C20H18BrClN2O2S/c1-11-4-6-14(7-5-11)15-10-27-20(23-15)24-17(25)9-26-16-8-12(2)19(22)13(3)18(16)21/h4-8,10H,9H2,1-3H3,(H,23,24,25). The molecule has 0 fully saturated rings. The predicted molar refractivity (Wildman–Crippen MR) is 115 cm³/mol. The zero-order valence-corrected chi connectivity index (χ0v) is 18.3. The number of anilines is 1. The molecule has 7 heteroatoms. The molecule has 2 aromatic carbocycles. The van der Waals surface area contributed by atoms with E-state index in [-0.39, 0.29) is 12.5 Å². The van der Waals surface area contributed by atoms with Crippen molar-refractivity contribution in [2.75, 3.05) is 11.9 Å². The van der Waals surface area contributed by atoms with Gasteiger partial charge in [-0.15, -0.1) is 11.3 Å². The number of nitrogens with zero attached hydrogens (tertiary/aromatic N) is 1. The van der Waals surface area contributed by atoms with Crippen LogP contribution in [0.4, 0.5) is 5.13 Å². The van der Waals surface area contributed by atoms with E-state index in [9.17, 15) is 4.79 Å². The molecule has 0 saturated heterocycles. The van der Waals surface area contributed by atoms with Crippen LogP contribution in [-0.2, 0) is 4.79 Å². The van der Waals surface area contributed by atoms with Gasteiger partial charge in [-0.3, -0.25) is 10.1 Å². The predicted octanol–water partition coefficient (Wildman–Crippen LogP) is 6.17. The largest absolute Gasteiger partial charge is 0.483 e. The minimum atomic E-state index is -0.267. The number of carbonyl (C=O) groups excluding carboxylic acids is 1. The Balaban J connectivity index is 1.63. The number of benzene rings is 2. The molecule has 1 aromatic heterocycles. The number of hydrogen-bond acceptors (Lipinski definition) is 4. The van der Waals surface area contributed by atoms with Gasteiger partial charge >= 0.3 is 0 Å². The van der Waals surface area contributed by atoms with Crippen molar-refractivity contribution in [1.29, 1.82) is 0 Å². The molecule has 1 N–H and O–H groups in total. The second kappa shape index (κ2) is 8.42. The van der Waals surface area contributed by atoms with Gasteiger partial charge in [0.05, 0.1) is 10.2 Å². The van der Waals surface area contributed by atoms with Crippen molar-refractivity contribution in [3.05, 3.63) is 61.9 Å². The Hall–Kier alpha value is -1.89. The molecule has 3 rings (SSSR count). The first kappa shape index (κ1) is 19.9. The summed E-state index contributed by atoms with van der Waals surface area (Å²) in [5, 5.41) is 5.92. The first-order chi connectivity index (χ1) is 12.8. The maximum atomic E-state index is 12.2. The van der Waals surface area contributed by atoms with Gasteiger partial charge < -0.3 is 4.74 Å². The molecular formula is C20H18BrClN2O2S. The number of halogens is 2. The molecular weight excluding hydrogens is 448 g/mol. The van der Waals surface area contributed by atoms with E-state index >= 15 is 0 Å². The lowest BCUT2D eigenvalue weighted by Crippen LogP contribution is -2.20. The summed E-state index contributed by atoms with van der Waals surface area (Å²) in [7, 11) is 0. The molecule has 0 unspecified atom stereocenters. The van der Waals surface area contributed by atoms with Gasteiger partial charge in [0.1, 0.15) is 5.75 Å². The summed E-state index contributed by atoms with van der Waals surface area (Å²) in [4.78, 5) is 16.7. The van der Waals surface area contributed by atoms with E-state index in [1.807, 2.05) is 56.5 Å². The van der Waals surface area contributed by atoms with Gasteiger partial charge in [-0.2, -0.15) is 0 Å². The van der Waals surface area contributed by atoms with Crippen LogP contribution in [-0.4, -0.2) is 17.5 Å². The molecule has 0 saturated carbocycles. The van der Waals surface area contributed by atoms with Crippen molar-refractivity contribution in [3.63, 3.8) is 0 Å². The average molecular weight is 466 g/mol. The quantitative estimate of drug-likeness (QED) is 0.490. The minimum Gasteiger partial charge on any atom is -0.483 e. The molecule has 3 aromatic rings. The van der Waals surface area contributed by atoms with E-state index in [1.165, 1.54) is 16.9 Å². The summed E-state index contributed by atoms with van der Waals surface area (Å²) in [5.41, 5.74) is 4.83. The highest BCUT2D eigenvalue weighted by Gasteiger charge is 2.13. The zero-order valence-electron chi connectivity index (χ0n) is 15.1. The van der Waals surface area contributed by atoms with E-state index < -0.39 is 0 Å². The lowest BCUT2D eigenvalue weighted by atomic mass is 10.1. The molecule has 0 aliphatic heterocycles. The lowest BCUT2D eigenvalue weighted by molar-refractivity contribution is -0.118. The van der Waals surface area contributed by atoms with Crippen molar-refractivity contribution < 1.29 is 9.53 Å². The zero-order chi connectivity index (χ0) is 19.6. The van der Waals surface area contributed by atoms with E-state index in [0.29, 0.717) is 15.9 Å². The maximum Gasteiger partial charge on any atom is 0.264 e. The molecule has 4 nitrogen and oxygen atoms in total. The Bertz CT molecular complexity index is 986. The van der Waals surface area contributed by atoms with Crippen molar-refractivity contribution in [3.8, 4) is 17.0 Å². The first-order valence-corrected chi connectivity index (χ1v) is 10.3. The van der Waals surface area contributed by atoms with Crippen LogP contribution >= 0.6 is 38.9 Å². The molecule has 0 spiro atoms. The summed E-state index contributed by atoms with van der Waals surface area (Å²) in [6.07, 6.45) is 0. The Labute approximate surface area is 175 Å². The molecule has 0 aliphatic carbocycles. The van der Waals surface area contributed by atoms with Crippen molar-refractivity contribution in [2.24, 2.45) is 0 Å². The van der Waals surface area contributed by atoms with Crippen LogP contribution in [0.5, 0.6) is 5.75 Å². The third-order valence-electron chi connectivity index (χ3n) is 4.03. The van der Waals surface area contributed by atoms with Gasteiger partial charge in [0.2, 0.25) is 0 Å². The van der Waals surface area contributed by atoms with E-state index in [1.54, 1.807) is 0 Å². The average Bonchev–Trinajstić information content (AvgIpc) is 3.11. The highest BCUT2D eigenvalue weighted by molar-refractivity contribution is 9.10. The normalized spacial score (nSPS) is 10.7. The number of rotatable bonds is 5. The second-order valence-electron chi connectivity index (χ2n) is 6.19. The maximum absolute atomic E-state index is 12.2. The summed E-state index contributed by atoms with van der Waals surface area (Å²) >= 11 is 11.1. The van der Waals surface area contributed by atoms with Crippen LogP contribution in [0.2, 0.25) is 5.02 Å². The summed E-state index contributed by atoms with van der Waals surface area (Å²) in [6, 6.07) is 9.92. The number of carbonyl (C=O) groups is 1. The second-order valence-corrected chi connectivity index (χ2v) is 8.21. The fraction of sp³-hybridized carbons (Fsp3) is 0.200. The van der Waals surface area contributed by atoms with Gasteiger partial charge in [0.15, 0.2) is 11.7 Å². The number of thiazole rings is 1. The van der Waals surface area contributed by atoms with Crippen molar-refractivity contribution in [2.45, 2.75) is 20.8 Å². The number of hydrogen-bond donors (Lipinski definition) is 1. The molecule has 0 atom stereocenters. The monoisotopic (exact) mass is 464 g/mol. The lowest BCUT2D eigenvalue weighted by Gasteiger charge is -2.12. The van der Waals surface area contributed by atoms with E-state index in [4.69, 9.17) is 16.3 Å². The van der Waals surface area contributed by atoms with Crippen LogP contribution in [0.15, 0.2) is 40.2 Å². The van der Waals surface area contributed by atoms with Gasteiger partial charge in [-0.05, 0) is 53.9 Å². The Morgan fingerprint density at radius 3 is 2.67 bits per heavy atom. The third kappa shape index (κ3) is 4.69. The Morgan fingerprint density at radius 1 is 1.26 bits per heavy atom. The van der Waals surface area contributed by atoms with Gasteiger partial charge in [0, 0.05) is 16.0 Å². The summed E-state index contributed by atoms with van der Waals surface area (Å²) in [6.45, 7) is 5.72. The van der Waals surface area contributed by atoms with E-state index in [0.717, 1.165) is 26.9 Å². The molecule has 27 heavy (non-hydrogen) atoms. The number of amides is 1. The van der Waals surface area contributed by atoms with Gasteiger partial charge in [-0.1, -0.05) is 41.4 Å². The number of aromatic nitrogens is 1. The van der Waals surface area contributed by atoms with Crippen LogP contribution in [0.1, 0.15) is 16.7 Å². The molecule has 140 valence electrons. The van der Waals surface area contributed by atoms with Gasteiger partial charge in [-0.25, -0.2) is 4.98 Å².